The van der Waals surface area contributed by atoms with Gasteiger partial charge in [-0.15, -0.1) is 0 Å². The minimum atomic E-state index is -4.12. The topological polar surface area (TPSA) is 38.4 Å². The Morgan fingerprint density at radius 2 is 2.00 bits per heavy atom. The maximum absolute atomic E-state index is 12.2. The Balaban J connectivity index is 2.57. The van der Waals surface area contributed by atoms with Gasteiger partial charge in [0.2, 0.25) is 0 Å². The van der Waals surface area contributed by atoms with Crippen molar-refractivity contribution in [3.63, 3.8) is 0 Å². The molecule has 5 heteroatoms. The van der Waals surface area contributed by atoms with E-state index in [4.69, 9.17) is 5.73 Å². The number of amidine groups is 1. The number of halogens is 3. The molecule has 0 bridgehead atoms. The van der Waals surface area contributed by atoms with Crippen molar-refractivity contribution in [3.05, 3.63) is 0 Å². The lowest BCUT2D eigenvalue weighted by atomic mass is 10.1. The fourth-order valence-electron chi connectivity index (χ4n) is 0.958. The summed E-state index contributed by atoms with van der Waals surface area (Å²) in [6, 6.07) is 0. The van der Waals surface area contributed by atoms with E-state index >= 15 is 0 Å². The standard InChI is InChI=1S/C7H11F3N2/c1-5(11)12-4-6(2-3-6)7(8,9)10/h2-4H2,1H3,(H2,11,12). The molecule has 1 aliphatic carbocycles. The molecule has 2 N–H and O–H groups in total. The average Bonchev–Trinajstić information content (AvgIpc) is 2.60. The van der Waals surface area contributed by atoms with E-state index in [1.165, 1.54) is 6.92 Å². The molecule has 0 aromatic rings. The highest BCUT2D eigenvalue weighted by Gasteiger charge is 2.62. The second-order valence-corrected chi connectivity index (χ2v) is 3.24. The Labute approximate surface area is 68.7 Å². The van der Waals surface area contributed by atoms with E-state index in [-0.39, 0.29) is 25.2 Å². The van der Waals surface area contributed by atoms with Crippen molar-refractivity contribution in [1.29, 1.82) is 0 Å². The van der Waals surface area contributed by atoms with Crippen LogP contribution in [-0.2, 0) is 0 Å². The fraction of sp³-hybridized carbons (Fsp3) is 0.857. The number of alkyl halides is 3. The smallest absolute Gasteiger partial charge is 0.388 e. The zero-order valence-corrected chi connectivity index (χ0v) is 6.78. The van der Waals surface area contributed by atoms with Gasteiger partial charge >= 0.3 is 6.18 Å². The number of aliphatic imine (C=N–C) groups is 1. The highest BCUT2D eigenvalue weighted by Crippen LogP contribution is 2.57. The van der Waals surface area contributed by atoms with Crippen LogP contribution >= 0.6 is 0 Å². The molecule has 0 saturated heterocycles. The molecule has 1 rings (SSSR count). The zero-order valence-electron chi connectivity index (χ0n) is 6.78. The highest BCUT2D eigenvalue weighted by atomic mass is 19.4. The summed E-state index contributed by atoms with van der Waals surface area (Å²) in [5.41, 5.74) is 3.61. The molecule has 1 fully saturated rings. The fourth-order valence-corrected chi connectivity index (χ4v) is 0.958. The molecule has 0 radical (unpaired) electrons. The minimum Gasteiger partial charge on any atom is -0.388 e. The van der Waals surface area contributed by atoms with E-state index in [2.05, 4.69) is 4.99 Å². The molecule has 0 aliphatic heterocycles. The lowest BCUT2D eigenvalue weighted by Gasteiger charge is -2.16. The molecule has 1 saturated carbocycles. The first kappa shape index (κ1) is 9.35. The molecule has 0 aromatic carbocycles. The normalized spacial score (nSPS) is 22.5. The van der Waals surface area contributed by atoms with Crippen LogP contribution in [0.25, 0.3) is 0 Å². The molecule has 0 unspecified atom stereocenters. The first-order chi connectivity index (χ1) is 5.37. The summed E-state index contributed by atoms with van der Waals surface area (Å²) in [7, 11) is 0. The van der Waals surface area contributed by atoms with E-state index in [1.54, 1.807) is 0 Å². The molecule has 2 nitrogen and oxygen atoms in total. The van der Waals surface area contributed by atoms with E-state index < -0.39 is 11.6 Å². The monoisotopic (exact) mass is 180 g/mol. The summed E-state index contributed by atoms with van der Waals surface area (Å²) in [6.45, 7) is 1.28. The van der Waals surface area contributed by atoms with Crippen LogP contribution < -0.4 is 5.73 Å². The van der Waals surface area contributed by atoms with E-state index in [1.807, 2.05) is 0 Å². The van der Waals surface area contributed by atoms with Crippen LogP contribution in [0, 0.1) is 5.41 Å². The van der Waals surface area contributed by atoms with Gasteiger partial charge in [0, 0.05) is 0 Å². The van der Waals surface area contributed by atoms with Crippen molar-refractivity contribution in [2.75, 3.05) is 6.54 Å². The molecule has 0 amide bonds. The Bertz CT molecular complexity index is 199. The minimum absolute atomic E-state index is 0.188. The Hall–Kier alpha value is -0.740. The molecule has 12 heavy (non-hydrogen) atoms. The van der Waals surface area contributed by atoms with Crippen LogP contribution in [0.5, 0.6) is 0 Å². The molecular weight excluding hydrogens is 169 g/mol. The molecule has 1 aliphatic rings. The lowest BCUT2D eigenvalue weighted by molar-refractivity contribution is -0.183. The number of rotatable bonds is 2. The SMILES string of the molecule is CC(N)=NCC1(C(F)(F)F)CC1. The predicted octanol–water partition coefficient (Wildman–Crippen LogP) is 1.71. The zero-order chi connectivity index (χ0) is 9.41. The summed E-state index contributed by atoms with van der Waals surface area (Å²) < 4.78 is 36.7. The predicted molar refractivity (Wildman–Crippen MR) is 39.9 cm³/mol. The average molecular weight is 180 g/mol. The van der Waals surface area contributed by atoms with Gasteiger partial charge in [-0.2, -0.15) is 13.2 Å². The van der Waals surface area contributed by atoms with E-state index in [0.717, 1.165) is 0 Å². The second kappa shape index (κ2) is 2.64. The quantitative estimate of drug-likeness (QED) is 0.509. The first-order valence-electron chi connectivity index (χ1n) is 3.71. The largest absolute Gasteiger partial charge is 0.396 e. The van der Waals surface area contributed by atoms with Gasteiger partial charge in [0.1, 0.15) is 0 Å². The van der Waals surface area contributed by atoms with Crippen molar-refractivity contribution < 1.29 is 13.2 Å². The first-order valence-corrected chi connectivity index (χ1v) is 3.71. The van der Waals surface area contributed by atoms with E-state index in [0.29, 0.717) is 0 Å². The third-order valence-corrected chi connectivity index (χ3v) is 2.09. The van der Waals surface area contributed by atoms with Crippen molar-refractivity contribution in [2.24, 2.45) is 16.1 Å². The maximum atomic E-state index is 12.2. The second-order valence-electron chi connectivity index (χ2n) is 3.24. The summed E-state index contributed by atoms with van der Waals surface area (Å²) in [6.07, 6.45) is -3.74. The number of nitrogens with two attached hydrogens (primary N) is 1. The van der Waals surface area contributed by atoms with Crippen LogP contribution in [-0.4, -0.2) is 18.6 Å². The third-order valence-electron chi connectivity index (χ3n) is 2.09. The van der Waals surface area contributed by atoms with Crippen LogP contribution in [0.2, 0.25) is 0 Å². The van der Waals surface area contributed by atoms with Gasteiger partial charge in [-0.1, -0.05) is 0 Å². The summed E-state index contributed by atoms with van der Waals surface area (Å²) in [4.78, 5) is 3.60. The van der Waals surface area contributed by atoms with Gasteiger partial charge < -0.3 is 5.73 Å². The lowest BCUT2D eigenvalue weighted by Crippen LogP contribution is -2.28. The molecule has 70 valence electrons. The van der Waals surface area contributed by atoms with Crippen LogP contribution in [0.3, 0.4) is 0 Å². The Morgan fingerprint density at radius 3 is 2.25 bits per heavy atom. The van der Waals surface area contributed by atoms with Gasteiger partial charge in [0.15, 0.2) is 0 Å². The van der Waals surface area contributed by atoms with Gasteiger partial charge in [-0.05, 0) is 19.8 Å². The van der Waals surface area contributed by atoms with Crippen LogP contribution in [0.1, 0.15) is 19.8 Å². The molecule has 0 aromatic heterocycles. The van der Waals surface area contributed by atoms with Crippen molar-refractivity contribution in [2.45, 2.75) is 25.9 Å². The molecule has 0 spiro atoms. The number of nitrogens with zero attached hydrogens (tertiary/aromatic N) is 1. The van der Waals surface area contributed by atoms with Crippen molar-refractivity contribution >= 4 is 5.84 Å². The third kappa shape index (κ3) is 1.70. The molecule has 0 atom stereocenters. The van der Waals surface area contributed by atoms with Crippen molar-refractivity contribution in [1.82, 2.24) is 0 Å². The Kier molecular flexibility index (Phi) is 2.06. The number of hydrogen-bond acceptors (Lipinski definition) is 1. The maximum Gasteiger partial charge on any atom is 0.396 e. The number of hydrogen-bond donors (Lipinski definition) is 1. The molecular formula is C7H11F3N2. The highest BCUT2D eigenvalue weighted by molar-refractivity contribution is 5.77. The van der Waals surface area contributed by atoms with Gasteiger partial charge in [-0.25, -0.2) is 0 Å². The summed E-state index contributed by atoms with van der Waals surface area (Å²) in [5.74, 6) is 0.213. The van der Waals surface area contributed by atoms with Crippen LogP contribution in [0.4, 0.5) is 13.2 Å². The van der Waals surface area contributed by atoms with E-state index in [9.17, 15) is 13.2 Å². The summed E-state index contributed by atoms with van der Waals surface area (Å²) >= 11 is 0. The summed E-state index contributed by atoms with van der Waals surface area (Å²) in [5, 5.41) is 0. The van der Waals surface area contributed by atoms with Gasteiger partial charge in [-0.3, -0.25) is 4.99 Å². The van der Waals surface area contributed by atoms with Gasteiger partial charge in [0.05, 0.1) is 17.8 Å². The molecule has 0 heterocycles. The Morgan fingerprint density at radius 1 is 1.50 bits per heavy atom. The van der Waals surface area contributed by atoms with Gasteiger partial charge in [0.25, 0.3) is 0 Å². The van der Waals surface area contributed by atoms with Crippen LogP contribution in [0.15, 0.2) is 4.99 Å². The van der Waals surface area contributed by atoms with Crippen molar-refractivity contribution in [3.8, 4) is 0 Å².